The summed E-state index contributed by atoms with van der Waals surface area (Å²) in [4.78, 5) is 32.2. The van der Waals surface area contributed by atoms with E-state index < -0.39 is 0 Å². The molecule has 1 aliphatic heterocycles. The van der Waals surface area contributed by atoms with E-state index in [2.05, 4.69) is 38.0 Å². The summed E-state index contributed by atoms with van der Waals surface area (Å²) in [6.45, 7) is 12.1. The third-order valence-electron chi connectivity index (χ3n) is 7.04. The number of benzene rings is 1. The number of amides is 2. The van der Waals surface area contributed by atoms with Gasteiger partial charge in [0.25, 0.3) is 11.8 Å². The lowest BCUT2D eigenvalue weighted by atomic mass is 9.72. The second-order valence-electron chi connectivity index (χ2n) is 10.4. The zero-order valence-electron chi connectivity index (χ0n) is 20.0. The average molecular weight is 454 g/mol. The largest absolute Gasteiger partial charge is 0.336 e. The fourth-order valence-electron chi connectivity index (χ4n) is 4.69. The first-order valence-corrected chi connectivity index (χ1v) is 12.5. The number of piperazine rings is 1. The highest BCUT2D eigenvalue weighted by Gasteiger charge is 2.35. The molecule has 1 unspecified atom stereocenters. The van der Waals surface area contributed by atoms with E-state index >= 15 is 0 Å². The van der Waals surface area contributed by atoms with Crippen LogP contribution in [0.5, 0.6) is 0 Å². The third-order valence-corrected chi connectivity index (χ3v) is 8.20. The Hall–Kier alpha value is -2.18. The molecule has 1 aromatic carbocycles. The van der Waals surface area contributed by atoms with Gasteiger partial charge in [0, 0.05) is 36.6 Å². The van der Waals surface area contributed by atoms with Crippen LogP contribution in [0.3, 0.4) is 0 Å². The minimum Gasteiger partial charge on any atom is -0.336 e. The molecule has 32 heavy (non-hydrogen) atoms. The summed E-state index contributed by atoms with van der Waals surface area (Å²) in [6.07, 6.45) is 2.97. The lowest BCUT2D eigenvalue weighted by molar-refractivity contribution is 0.0664. The van der Waals surface area contributed by atoms with Gasteiger partial charge in [-0.25, -0.2) is 0 Å². The van der Waals surface area contributed by atoms with Crippen molar-refractivity contribution in [3.8, 4) is 0 Å². The number of nitrogens with zero attached hydrogens (tertiary/aromatic N) is 2. The molecule has 4 rings (SSSR count). The molecule has 1 aromatic heterocycles. The van der Waals surface area contributed by atoms with Crippen LogP contribution in [-0.2, 0) is 12.8 Å². The van der Waals surface area contributed by atoms with Crippen molar-refractivity contribution in [3.63, 3.8) is 0 Å². The Labute approximate surface area is 195 Å². The zero-order chi connectivity index (χ0) is 23.0. The van der Waals surface area contributed by atoms with E-state index in [-0.39, 0.29) is 17.2 Å². The Morgan fingerprint density at radius 3 is 2.34 bits per heavy atom. The number of rotatable bonds is 3. The van der Waals surface area contributed by atoms with Crippen molar-refractivity contribution in [1.29, 1.82) is 0 Å². The van der Waals surface area contributed by atoms with Crippen molar-refractivity contribution >= 4 is 28.2 Å². The Morgan fingerprint density at radius 1 is 1.06 bits per heavy atom. The first kappa shape index (κ1) is 23.0. The lowest BCUT2D eigenvalue weighted by Gasteiger charge is -2.35. The SMILES string of the molecule is Cc1ccc(C(=O)Nc2sc3c(c2C(=O)N2CCN(C)CC2)CCC(C(C)(C)C)C3)cc1. The Kier molecular flexibility index (Phi) is 6.46. The van der Waals surface area contributed by atoms with Gasteiger partial charge in [-0.05, 0) is 62.3 Å². The zero-order valence-corrected chi connectivity index (χ0v) is 20.8. The molecule has 2 aliphatic rings. The highest BCUT2D eigenvalue weighted by atomic mass is 32.1. The molecule has 0 saturated carbocycles. The van der Waals surface area contributed by atoms with E-state index in [4.69, 9.17) is 0 Å². The smallest absolute Gasteiger partial charge is 0.257 e. The van der Waals surface area contributed by atoms with E-state index in [1.165, 1.54) is 10.4 Å². The minimum absolute atomic E-state index is 0.0732. The van der Waals surface area contributed by atoms with Crippen molar-refractivity contribution in [3.05, 3.63) is 51.4 Å². The number of carbonyl (C=O) groups excluding carboxylic acids is 2. The molecule has 0 radical (unpaired) electrons. The van der Waals surface area contributed by atoms with Gasteiger partial charge in [-0.2, -0.15) is 0 Å². The number of hydrogen-bond acceptors (Lipinski definition) is 4. The number of nitrogens with one attached hydrogen (secondary N) is 1. The molecule has 5 nitrogen and oxygen atoms in total. The first-order chi connectivity index (χ1) is 15.1. The molecule has 6 heteroatoms. The topological polar surface area (TPSA) is 52.7 Å². The molecule has 2 aromatic rings. The number of hydrogen-bond donors (Lipinski definition) is 1. The number of aryl methyl sites for hydroxylation is 1. The first-order valence-electron chi connectivity index (χ1n) is 11.6. The van der Waals surface area contributed by atoms with Crippen molar-refractivity contribution in [2.24, 2.45) is 11.3 Å². The van der Waals surface area contributed by atoms with Gasteiger partial charge in [-0.15, -0.1) is 11.3 Å². The number of thiophene rings is 1. The van der Waals surface area contributed by atoms with Gasteiger partial charge in [0.05, 0.1) is 5.56 Å². The van der Waals surface area contributed by atoms with Crippen LogP contribution in [0.15, 0.2) is 24.3 Å². The molecule has 1 atom stereocenters. The number of fused-ring (bicyclic) bond motifs is 1. The second-order valence-corrected chi connectivity index (χ2v) is 11.5. The molecule has 1 saturated heterocycles. The predicted molar refractivity (Wildman–Crippen MR) is 132 cm³/mol. The maximum absolute atomic E-state index is 13.7. The summed E-state index contributed by atoms with van der Waals surface area (Å²) in [6, 6.07) is 7.57. The molecule has 0 spiro atoms. The van der Waals surface area contributed by atoms with Gasteiger partial charge in [0.1, 0.15) is 5.00 Å². The van der Waals surface area contributed by atoms with E-state index in [9.17, 15) is 9.59 Å². The van der Waals surface area contributed by atoms with Crippen LogP contribution < -0.4 is 5.32 Å². The molecular weight excluding hydrogens is 418 g/mol. The number of anilines is 1. The minimum atomic E-state index is -0.150. The van der Waals surface area contributed by atoms with Crippen LogP contribution in [0.2, 0.25) is 0 Å². The standard InChI is InChI=1S/C26H35N3O2S/c1-17-6-8-18(9-7-17)23(30)27-24-22(25(31)29-14-12-28(5)13-15-29)20-11-10-19(26(2,3)4)16-21(20)32-24/h6-9,19H,10-16H2,1-5H3,(H,27,30). The Balaban J connectivity index is 1.66. The molecule has 0 bridgehead atoms. The fourth-order valence-corrected chi connectivity index (χ4v) is 6.00. The van der Waals surface area contributed by atoms with Gasteiger partial charge < -0.3 is 15.1 Å². The van der Waals surface area contributed by atoms with Crippen molar-refractivity contribution in [2.45, 2.75) is 47.0 Å². The third kappa shape index (κ3) is 4.76. The van der Waals surface area contributed by atoms with Gasteiger partial charge >= 0.3 is 0 Å². The van der Waals surface area contributed by atoms with E-state index in [1.807, 2.05) is 36.1 Å². The summed E-state index contributed by atoms with van der Waals surface area (Å²) < 4.78 is 0. The normalized spacial score (nSPS) is 19.5. The van der Waals surface area contributed by atoms with Crippen LogP contribution >= 0.6 is 11.3 Å². The quantitative estimate of drug-likeness (QED) is 0.723. The predicted octanol–water partition coefficient (Wildman–Crippen LogP) is 4.85. The highest BCUT2D eigenvalue weighted by molar-refractivity contribution is 7.17. The fraction of sp³-hybridized carbons (Fsp3) is 0.538. The maximum Gasteiger partial charge on any atom is 0.257 e. The summed E-state index contributed by atoms with van der Waals surface area (Å²) in [5, 5.41) is 3.83. The number of carbonyl (C=O) groups is 2. The summed E-state index contributed by atoms with van der Waals surface area (Å²) >= 11 is 1.61. The van der Waals surface area contributed by atoms with Crippen molar-refractivity contribution in [2.75, 3.05) is 38.5 Å². The summed E-state index contributed by atoms with van der Waals surface area (Å²) in [7, 11) is 2.09. The Morgan fingerprint density at radius 2 is 1.72 bits per heavy atom. The van der Waals surface area contributed by atoms with Gasteiger partial charge in [-0.3, -0.25) is 9.59 Å². The molecule has 2 heterocycles. The molecule has 172 valence electrons. The summed E-state index contributed by atoms with van der Waals surface area (Å²) in [5.74, 6) is 0.508. The Bertz CT molecular complexity index is 995. The molecule has 1 fully saturated rings. The molecule has 2 amide bonds. The second kappa shape index (κ2) is 8.99. The van der Waals surface area contributed by atoms with Gasteiger partial charge in [-0.1, -0.05) is 38.5 Å². The van der Waals surface area contributed by atoms with Crippen LogP contribution in [0.4, 0.5) is 5.00 Å². The van der Waals surface area contributed by atoms with Crippen LogP contribution in [0, 0.1) is 18.3 Å². The van der Waals surface area contributed by atoms with E-state index in [1.54, 1.807) is 11.3 Å². The van der Waals surface area contributed by atoms with Crippen molar-refractivity contribution in [1.82, 2.24) is 9.80 Å². The van der Waals surface area contributed by atoms with E-state index in [0.29, 0.717) is 11.5 Å². The average Bonchev–Trinajstić information content (AvgIpc) is 3.10. The lowest BCUT2D eigenvalue weighted by Crippen LogP contribution is -2.47. The van der Waals surface area contributed by atoms with Gasteiger partial charge in [0.2, 0.25) is 0 Å². The van der Waals surface area contributed by atoms with Crippen LogP contribution in [0.25, 0.3) is 0 Å². The van der Waals surface area contributed by atoms with E-state index in [0.717, 1.165) is 61.6 Å². The molecular formula is C26H35N3O2S. The van der Waals surface area contributed by atoms with Gasteiger partial charge in [0.15, 0.2) is 0 Å². The molecule has 1 N–H and O–H groups in total. The molecule has 1 aliphatic carbocycles. The monoisotopic (exact) mass is 453 g/mol. The maximum atomic E-state index is 13.7. The summed E-state index contributed by atoms with van der Waals surface area (Å²) in [5.41, 5.74) is 3.87. The van der Waals surface area contributed by atoms with Crippen LogP contribution in [-0.4, -0.2) is 54.8 Å². The van der Waals surface area contributed by atoms with Crippen molar-refractivity contribution < 1.29 is 9.59 Å². The van der Waals surface area contributed by atoms with Crippen LogP contribution in [0.1, 0.15) is 63.9 Å². The number of likely N-dealkylation sites (N-methyl/N-ethyl adjacent to an activating group) is 1. The highest BCUT2D eigenvalue weighted by Crippen LogP contribution is 2.44.